The molecule has 1 saturated heterocycles. The topological polar surface area (TPSA) is 58.1 Å². The molecule has 28 heavy (non-hydrogen) atoms. The monoisotopic (exact) mass is 374 g/mol. The lowest BCUT2D eigenvalue weighted by Crippen LogP contribution is -2.51. The van der Waals surface area contributed by atoms with Crippen molar-refractivity contribution < 1.29 is 6.22 Å². The normalized spacial score (nSPS) is 19.4. The van der Waals surface area contributed by atoms with Crippen LogP contribution in [0.25, 0.3) is 0 Å². The number of hydrogen-bond acceptors (Lipinski definition) is 5. The largest absolute Gasteiger partial charge is 0.351 e. The van der Waals surface area contributed by atoms with Crippen molar-refractivity contribution in [3.8, 4) is 0 Å². The number of piperazine rings is 1. The van der Waals surface area contributed by atoms with E-state index in [9.17, 15) is 4.79 Å². The highest BCUT2D eigenvalue weighted by atomic mass is 16.1. The van der Waals surface area contributed by atoms with Gasteiger partial charge in [-0.3, -0.25) is 9.78 Å². The Morgan fingerprint density at radius 3 is 2.71 bits per heavy atom. The van der Waals surface area contributed by atoms with Crippen LogP contribution in [-0.2, 0) is 0 Å². The molecule has 4 rings (SSSR count). The lowest BCUT2D eigenvalue weighted by Gasteiger charge is -2.40. The van der Waals surface area contributed by atoms with E-state index >= 15 is 0 Å². The number of aryl methyl sites for hydroxylation is 1. The SMILES string of the molecule is Cc1ncccc1C(=O)c1cccc(N2CC(c3ccccc3)NCC2C)n1.[HH]. The van der Waals surface area contributed by atoms with E-state index in [0.717, 1.165) is 24.6 Å². The summed E-state index contributed by atoms with van der Waals surface area (Å²) >= 11 is 0. The summed E-state index contributed by atoms with van der Waals surface area (Å²) in [7, 11) is 0. The number of benzene rings is 1. The van der Waals surface area contributed by atoms with Crippen LogP contribution in [0.4, 0.5) is 5.82 Å². The fourth-order valence-corrected chi connectivity index (χ4v) is 3.66. The van der Waals surface area contributed by atoms with Crippen molar-refractivity contribution in [1.82, 2.24) is 15.3 Å². The van der Waals surface area contributed by atoms with Gasteiger partial charge in [0.05, 0.1) is 0 Å². The average molecular weight is 374 g/mol. The summed E-state index contributed by atoms with van der Waals surface area (Å²) in [6.07, 6.45) is 1.70. The van der Waals surface area contributed by atoms with Crippen LogP contribution in [0.15, 0.2) is 66.9 Å². The lowest BCUT2D eigenvalue weighted by molar-refractivity contribution is 0.103. The van der Waals surface area contributed by atoms with E-state index in [0.29, 0.717) is 11.3 Å². The van der Waals surface area contributed by atoms with Gasteiger partial charge in [0.25, 0.3) is 0 Å². The van der Waals surface area contributed by atoms with Crippen molar-refractivity contribution >= 4 is 11.6 Å². The quantitative estimate of drug-likeness (QED) is 0.704. The molecule has 1 aliphatic heterocycles. The minimum atomic E-state index is -0.0881. The molecule has 0 amide bonds. The first-order valence-corrected chi connectivity index (χ1v) is 9.62. The Morgan fingerprint density at radius 1 is 1.11 bits per heavy atom. The van der Waals surface area contributed by atoms with Crippen molar-refractivity contribution in [3.63, 3.8) is 0 Å². The molecule has 2 atom stereocenters. The molecule has 2 unspecified atom stereocenters. The standard InChI is InChI=1S/C23H24N4O.H2/c1-16-14-25-21(18-8-4-3-5-9-18)15-27(16)22-12-6-11-20(26-22)23(28)19-10-7-13-24-17(19)2;/h3-13,16,21,25H,14-15H2,1-2H3;1H. The average Bonchev–Trinajstić information content (AvgIpc) is 2.75. The second-order valence-corrected chi connectivity index (χ2v) is 7.22. The molecule has 5 nitrogen and oxygen atoms in total. The number of carbonyl (C=O) groups is 1. The minimum Gasteiger partial charge on any atom is -0.351 e. The van der Waals surface area contributed by atoms with E-state index in [4.69, 9.17) is 4.98 Å². The molecule has 1 N–H and O–H groups in total. The molecule has 0 spiro atoms. The van der Waals surface area contributed by atoms with E-state index in [1.165, 1.54) is 5.56 Å². The summed E-state index contributed by atoms with van der Waals surface area (Å²) in [5, 5.41) is 3.61. The molecule has 3 aromatic rings. The number of carbonyl (C=O) groups excluding carboxylic acids is 1. The maximum Gasteiger partial charge on any atom is 0.213 e. The molecule has 1 aliphatic rings. The van der Waals surface area contributed by atoms with Crippen LogP contribution in [0.5, 0.6) is 0 Å². The van der Waals surface area contributed by atoms with Crippen LogP contribution in [0.2, 0.25) is 0 Å². The maximum atomic E-state index is 12.9. The molecule has 144 valence electrons. The molecule has 0 radical (unpaired) electrons. The number of nitrogens with zero attached hydrogens (tertiary/aromatic N) is 3. The third-order valence-electron chi connectivity index (χ3n) is 5.29. The van der Waals surface area contributed by atoms with Crippen molar-refractivity contribution in [3.05, 3.63) is 89.4 Å². The molecule has 0 bridgehead atoms. The van der Waals surface area contributed by atoms with Crippen LogP contribution in [0.1, 0.15) is 41.7 Å². The Hall–Kier alpha value is -3.05. The Morgan fingerprint density at radius 2 is 1.93 bits per heavy atom. The highest BCUT2D eigenvalue weighted by Crippen LogP contribution is 2.25. The zero-order valence-corrected chi connectivity index (χ0v) is 16.2. The van der Waals surface area contributed by atoms with Crippen LogP contribution >= 0.6 is 0 Å². The number of pyridine rings is 2. The highest BCUT2D eigenvalue weighted by Gasteiger charge is 2.27. The first-order chi connectivity index (χ1) is 13.6. The number of rotatable bonds is 4. The Labute approximate surface area is 166 Å². The zero-order chi connectivity index (χ0) is 19.5. The van der Waals surface area contributed by atoms with Crippen LogP contribution in [0.3, 0.4) is 0 Å². The van der Waals surface area contributed by atoms with Gasteiger partial charge in [-0.25, -0.2) is 4.98 Å². The summed E-state index contributed by atoms with van der Waals surface area (Å²) in [6, 6.07) is 20.2. The van der Waals surface area contributed by atoms with Crippen molar-refractivity contribution in [2.24, 2.45) is 0 Å². The first-order valence-electron chi connectivity index (χ1n) is 9.62. The smallest absolute Gasteiger partial charge is 0.213 e. The minimum absolute atomic E-state index is 0. The fraction of sp³-hybridized carbons (Fsp3) is 0.261. The van der Waals surface area contributed by atoms with E-state index in [-0.39, 0.29) is 19.3 Å². The van der Waals surface area contributed by atoms with Crippen molar-refractivity contribution in [1.29, 1.82) is 0 Å². The first kappa shape index (κ1) is 18.3. The number of anilines is 1. The number of hydrogen-bond donors (Lipinski definition) is 1. The number of nitrogens with one attached hydrogen (secondary N) is 1. The molecule has 2 aromatic heterocycles. The Balaban J connectivity index is 0.00000240. The third-order valence-corrected chi connectivity index (χ3v) is 5.29. The highest BCUT2D eigenvalue weighted by molar-refractivity contribution is 6.08. The van der Waals surface area contributed by atoms with Crippen molar-refractivity contribution in [2.45, 2.75) is 25.9 Å². The van der Waals surface area contributed by atoms with E-state index < -0.39 is 0 Å². The fourth-order valence-electron chi connectivity index (χ4n) is 3.66. The van der Waals surface area contributed by atoms with Gasteiger partial charge in [-0.15, -0.1) is 0 Å². The Bertz CT molecular complexity index is 979. The van der Waals surface area contributed by atoms with Gasteiger partial charge in [0.2, 0.25) is 5.78 Å². The van der Waals surface area contributed by atoms with Crippen LogP contribution in [-0.4, -0.2) is 34.9 Å². The van der Waals surface area contributed by atoms with Crippen LogP contribution < -0.4 is 10.2 Å². The summed E-state index contributed by atoms with van der Waals surface area (Å²) < 4.78 is 0. The molecule has 1 fully saturated rings. The van der Waals surface area contributed by atoms with E-state index in [1.807, 2.05) is 25.1 Å². The summed E-state index contributed by atoms with van der Waals surface area (Å²) in [5.74, 6) is 0.747. The summed E-state index contributed by atoms with van der Waals surface area (Å²) in [4.78, 5) is 24.2. The molecule has 0 aliphatic carbocycles. The van der Waals surface area contributed by atoms with E-state index in [1.54, 1.807) is 24.4 Å². The molecular weight excluding hydrogens is 348 g/mol. The van der Waals surface area contributed by atoms with Gasteiger partial charge >= 0.3 is 0 Å². The lowest BCUT2D eigenvalue weighted by atomic mass is 10.0. The molecule has 0 saturated carbocycles. The molecule has 3 heterocycles. The van der Waals surface area contributed by atoms with Gasteiger partial charge in [-0.1, -0.05) is 36.4 Å². The van der Waals surface area contributed by atoms with Crippen LogP contribution in [0, 0.1) is 6.92 Å². The molecule has 5 heteroatoms. The second kappa shape index (κ2) is 7.90. The number of aromatic nitrogens is 2. The second-order valence-electron chi connectivity index (χ2n) is 7.22. The summed E-state index contributed by atoms with van der Waals surface area (Å²) in [5.41, 5.74) is 3.04. The van der Waals surface area contributed by atoms with Gasteiger partial charge in [0.15, 0.2) is 0 Å². The zero-order valence-electron chi connectivity index (χ0n) is 16.2. The van der Waals surface area contributed by atoms with Gasteiger partial charge in [0.1, 0.15) is 11.5 Å². The van der Waals surface area contributed by atoms with Gasteiger partial charge in [-0.2, -0.15) is 0 Å². The maximum absolute atomic E-state index is 12.9. The predicted molar refractivity (Wildman–Crippen MR) is 113 cm³/mol. The van der Waals surface area contributed by atoms with E-state index in [2.05, 4.69) is 46.4 Å². The Kier molecular flexibility index (Phi) is 5.17. The molecular formula is C23H26N4O. The van der Waals surface area contributed by atoms with Gasteiger partial charge < -0.3 is 10.2 Å². The van der Waals surface area contributed by atoms with Gasteiger partial charge in [0, 0.05) is 44.1 Å². The molecule has 1 aromatic carbocycles. The summed E-state index contributed by atoms with van der Waals surface area (Å²) in [6.45, 7) is 5.69. The van der Waals surface area contributed by atoms with Crippen molar-refractivity contribution in [2.75, 3.05) is 18.0 Å². The number of ketones is 1. The third kappa shape index (κ3) is 3.66. The predicted octanol–water partition coefficient (Wildman–Crippen LogP) is 3.80. The van der Waals surface area contributed by atoms with Gasteiger partial charge in [-0.05, 0) is 43.7 Å².